The highest BCUT2D eigenvalue weighted by molar-refractivity contribution is 5.93. The van der Waals surface area contributed by atoms with Crippen molar-refractivity contribution in [3.8, 4) is 22.8 Å². The van der Waals surface area contributed by atoms with Crippen molar-refractivity contribution in [3.05, 3.63) is 83.8 Å². The predicted molar refractivity (Wildman–Crippen MR) is 184 cm³/mol. The van der Waals surface area contributed by atoms with Crippen LogP contribution in [0, 0.1) is 24.4 Å². The summed E-state index contributed by atoms with van der Waals surface area (Å²) in [5.74, 6) is -0.629. The molecule has 6 heterocycles. The lowest BCUT2D eigenvalue weighted by molar-refractivity contribution is -0.133. The number of amides is 1. The highest BCUT2D eigenvalue weighted by Crippen LogP contribution is 2.36. The molecule has 1 unspecified atom stereocenters. The van der Waals surface area contributed by atoms with Crippen LogP contribution >= 0.6 is 0 Å². The number of aryl methyl sites for hydroxylation is 1. The van der Waals surface area contributed by atoms with Gasteiger partial charge in [-0.05, 0) is 31.2 Å². The number of imidazole rings is 1. The Kier molecular flexibility index (Phi) is 8.50. The van der Waals surface area contributed by atoms with Gasteiger partial charge in [0.2, 0.25) is 11.8 Å². The van der Waals surface area contributed by atoms with Crippen molar-refractivity contribution in [1.82, 2.24) is 39.2 Å². The number of anilines is 1. The third-order valence-corrected chi connectivity index (χ3v) is 9.54. The maximum absolute atomic E-state index is 15.0. The molecule has 1 amide bonds. The minimum absolute atomic E-state index is 0.00993. The van der Waals surface area contributed by atoms with E-state index in [9.17, 15) is 13.6 Å². The number of halogens is 3. The Morgan fingerprint density at radius 2 is 1.81 bits per heavy atom. The quantitative estimate of drug-likeness (QED) is 0.250. The van der Waals surface area contributed by atoms with Crippen LogP contribution in [0.3, 0.4) is 0 Å². The maximum atomic E-state index is 15.0. The summed E-state index contributed by atoms with van der Waals surface area (Å²) < 4.78 is 64.8. The lowest BCUT2D eigenvalue weighted by Gasteiger charge is -2.31. The van der Waals surface area contributed by atoms with Gasteiger partial charge in [0.15, 0.2) is 17.3 Å². The molecule has 268 valence electrons. The molecule has 52 heavy (non-hydrogen) atoms. The zero-order chi connectivity index (χ0) is 36.3. The molecule has 2 aliphatic rings. The van der Waals surface area contributed by atoms with Gasteiger partial charge < -0.3 is 28.6 Å². The van der Waals surface area contributed by atoms with Gasteiger partial charge in [-0.15, -0.1) is 0 Å². The summed E-state index contributed by atoms with van der Waals surface area (Å²) in [6, 6.07) is 10.6. The molecular weight excluding hydrogens is 679 g/mol. The van der Waals surface area contributed by atoms with Crippen LogP contribution in [-0.2, 0) is 27.4 Å². The Morgan fingerprint density at radius 1 is 0.962 bits per heavy atom. The number of hydrogen-bond donors (Lipinski definition) is 0. The second-order valence-electron chi connectivity index (χ2n) is 13.0. The summed E-state index contributed by atoms with van der Waals surface area (Å²) in [5, 5.41) is 4.85. The van der Waals surface area contributed by atoms with Crippen molar-refractivity contribution in [3.63, 3.8) is 0 Å². The van der Waals surface area contributed by atoms with Crippen molar-refractivity contribution >= 4 is 33.8 Å². The number of fused-ring (bicyclic) bond motifs is 6. The van der Waals surface area contributed by atoms with E-state index in [4.69, 9.17) is 24.2 Å². The van der Waals surface area contributed by atoms with Gasteiger partial charge in [-0.3, -0.25) is 4.79 Å². The van der Waals surface area contributed by atoms with E-state index in [0.717, 1.165) is 12.1 Å². The van der Waals surface area contributed by atoms with E-state index in [1.807, 2.05) is 16.4 Å². The first-order valence-corrected chi connectivity index (χ1v) is 16.7. The van der Waals surface area contributed by atoms with Crippen LogP contribution in [0.5, 0.6) is 5.88 Å². The summed E-state index contributed by atoms with van der Waals surface area (Å²) >= 11 is 0. The Morgan fingerprint density at radius 3 is 2.60 bits per heavy atom. The Hall–Kier alpha value is -5.61. The van der Waals surface area contributed by atoms with E-state index in [1.165, 1.54) is 36.2 Å². The Balaban J connectivity index is 1.25. The molecule has 0 aliphatic carbocycles. The van der Waals surface area contributed by atoms with Crippen LogP contribution < -0.4 is 9.64 Å². The van der Waals surface area contributed by atoms with Crippen LogP contribution in [0.15, 0.2) is 54.7 Å². The third-order valence-electron chi connectivity index (χ3n) is 9.54. The molecule has 1 saturated heterocycles. The van der Waals surface area contributed by atoms with Gasteiger partial charge in [0.05, 0.1) is 47.5 Å². The lowest BCUT2D eigenvalue weighted by atomic mass is 10.1. The SMILES string of the molecule is COCc1nc(N2C[C@@H]3C[C@H]2C(=O)N(C)CC(OC)Cn2c(C)nc4cc(F)cc(c42)-c2cccc(n2)O3)c2cnn(-c3ccc(F)cc3F)c2n1. The molecule has 16 heteroatoms. The molecule has 0 saturated carbocycles. The Bertz CT molecular complexity index is 2350. The van der Waals surface area contributed by atoms with E-state index < -0.39 is 35.7 Å². The largest absolute Gasteiger partial charge is 0.472 e. The van der Waals surface area contributed by atoms with Gasteiger partial charge in [0.1, 0.15) is 47.7 Å². The number of carbonyl (C=O) groups is 1. The molecule has 4 bridgehead atoms. The van der Waals surface area contributed by atoms with E-state index in [-0.39, 0.29) is 49.2 Å². The molecule has 0 radical (unpaired) electrons. The molecule has 0 N–H and O–H groups in total. The number of rotatable bonds is 5. The highest BCUT2D eigenvalue weighted by Gasteiger charge is 2.42. The molecule has 13 nitrogen and oxygen atoms in total. The van der Waals surface area contributed by atoms with Crippen LogP contribution in [0.4, 0.5) is 19.0 Å². The molecule has 2 aliphatic heterocycles. The van der Waals surface area contributed by atoms with Gasteiger partial charge in [-0.25, -0.2) is 37.8 Å². The fraction of sp³-hybridized carbons (Fsp3) is 0.333. The third kappa shape index (κ3) is 5.86. The van der Waals surface area contributed by atoms with E-state index in [2.05, 4.69) is 15.1 Å². The molecule has 6 aromatic rings. The number of carbonyl (C=O) groups excluding carboxylic acids is 1. The van der Waals surface area contributed by atoms with Crippen molar-refractivity contribution in [2.45, 2.75) is 44.7 Å². The normalized spacial score (nSPS) is 19.3. The molecule has 4 aromatic heterocycles. The summed E-state index contributed by atoms with van der Waals surface area (Å²) in [4.78, 5) is 36.8. The number of ether oxygens (including phenoxy) is 3. The monoisotopic (exact) mass is 713 g/mol. The summed E-state index contributed by atoms with van der Waals surface area (Å²) in [6.07, 6.45) is 0.768. The Labute approximate surface area is 295 Å². The van der Waals surface area contributed by atoms with Crippen LogP contribution in [0.25, 0.3) is 39.0 Å². The van der Waals surface area contributed by atoms with Gasteiger partial charge in [0, 0.05) is 58.0 Å². The number of methoxy groups -OCH3 is 2. The number of pyridine rings is 1. The predicted octanol–water partition coefficient (Wildman–Crippen LogP) is 4.61. The number of benzene rings is 2. The highest BCUT2D eigenvalue weighted by atomic mass is 19.1. The minimum Gasteiger partial charge on any atom is -0.472 e. The second-order valence-corrected chi connectivity index (χ2v) is 13.0. The van der Waals surface area contributed by atoms with Crippen LogP contribution in [0.2, 0.25) is 0 Å². The number of likely N-dealkylation sites (N-methyl/N-ethyl adjacent to an activating group) is 1. The fourth-order valence-electron chi connectivity index (χ4n) is 7.16. The topological polar surface area (TPSA) is 126 Å². The smallest absolute Gasteiger partial charge is 0.245 e. The van der Waals surface area contributed by atoms with Gasteiger partial charge in [-0.1, -0.05) is 6.07 Å². The van der Waals surface area contributed by atoms with E-state index >= 15 is 4.39 Å². The molecule has 0 spiro atoms. The van der Waals surface area contributed by atoms with Gasteiger partial charge >= 0.3 is 0 Å². The zero-order valence-electron chi connectivity index (χ0n) is 28.8. The first-order valence-electron chi connectivity index (χ1n) is 16.7. The maximum Gasteiger partial charge on any atom is 0.245 e. The van der Waals surface area contributed by atoms with Gasteiger partial charge in [0.25, 0.3) is 0 Å². The molecular formula is C36H34F3N9O4. The average molecular weight is 714 g/mol. The van der Waals surface area contributed by atoms with Crippen molar-refractivity contribution < 1.29 is 32.2 Å². The van der Waals surface area contributed by atoms with Crippen molar-refractivity contribution in [2.24, 2.45) is 0 Å². The number of hydrogen-bond acceptors (Lipinski definition) is 10. The summed E-state index contributed by atoms with van der Waals surface area (Å²) in [5.41, 5.74) is 2.45. The average Bonchev–Trinajstić information content (AvgIpc) is 3.82. The number of aromatic nitrogens is 7. The molecule has 3 atom stereocenters. The first-order chi connectivity index (χ1) is 25.1. The summed E-state index contributed by atoms with van der Waals surface area (Å²) in [6.45, 7) is 2.63. The minimum atomic E-state index is -0.824. The van der Waals surface area contributed by atoms with Crippen LogP contribution in [0.1, 0.15) is 18.1 Å². The first kappa shape index (κ1) is 33.5. The molecule has 8 rings (SSSR count). The standard InChI is InChI=1S/C36H34F3N9O4/c1-19-41-28-12-21(38)10-24-27-6-5-7-32(42-27)52-22-13-30(36(49)45(2)15-23(51-4)17-46(19)33(24)28)47(16-22)34-25-14-40-48(29-9-8-20(37)11-26(29)39)35(25)44-31(43-34)18-50-3/h5-12,14,22-23,30H,13,15-18H2,1-4H3/t22-,23?,30-/m0/s1. The molecule has 2 aromatic carbocycles. The van der Waals surface area contributed by atoms with Gasteiger partial charge in [-0.2, -0.15) is 5.10 Å². The van der Waals surface area contributed by atoms with Crippen molar-refractivity contribution in [1.29, 1.82) is 0 Å². The lowest BCUT2D eigenvalue weighted by Crippen LogP contribution is -2.47. The molecule has 1 fully saturated rings. The fourth-order valence-corrected chi connectivity index (χ4v) is 7.16. The van der Waals surface area contributed by atoms with Crippen LogP contribution in [-0.4, -0.2) is 97.7 Å². The zero-order valence-corrected chi connectivity index (χ0v) is 28.8. The summed E-state index contributed by atoms with van der Waals surface area (Å²) in [7, 11) is 4.79. The van der Waals surface area contributed by atoms with E-state index in [1.54, 1.807) is 37.3 Å². The van der Waals surface area contributed by atoms with Crippen molar-refractivity contribution in [2.75, 3.05) is 39.3 Å². The number of nitrogens with zero attached hydrogens (tertiary/aromatic N) is 9. The van der Waals surface area contributed by atoms with E-state index in [0.29, 0.717) is 51.7 Å². The second kappa shape index (κ2) is 13.2.